The summed E-state index contributed by atoms with van der Waals surface area (Å²) in [5.41, 5.74) is 13.4. The van der Waals surface area contributed by atoms with E-state index in [2.05, 4.69) is 61.6 Å². The van der Waals surface area contributed by atoms with Crippen LogP contribution in [0.1, 0.15) is 61.3 Å². The van der Waals surface area contributed by atoms with Crippen molar-refractivity contribution in [3.05, 3.63) is 77.4 Å². The predicted octanol–water partition coefficient (Wildman–Crippen LogP) is 4.39. The minimum Gasteiger partial charge on any atom is -0.383 e. The minimum absolute atomic E-state index is 0.264. The smallest absolute Gasteiger partial charge is 0.153 e. The quantitative estimate of drug-likeness (QED) is 0.404. The molecule has 0 radical (unpaired) electrons. The summed E-state index contributed by atoms with van der Waals surface area (Å²) in [5.74, 6) is 1.25. The van der Waals surface area contributed by atoms with E-state index < -0.39 is 0 Å². The number of fused-ring (bicyclic) bond motifs is 1. The van der Waals surface area contributed by atoms with Gasteiger partial charge < -0.3 is 16.0 Å². The molecule has 40 heavy (non-hydrogen) atoms. The summed E-state index contributed by atoms with van der Waals surface area (Å²) in [7, 11) is 2.21. The lowest BCUT2D eigenvalue weighted by molar-refractivity contribution is 0.0868. The SMILES string of the molecule is CC(CNc1ccc(C2NN(C3CCC(N4CCN(C)CC4)CC3)c3ncnc(N)c32)cc1F)c1ccccc1. The fourth-order valence-electron chi connectivity index (χ4n) is 6.54. The molecule has 9 heteroatoms. The maximum absolute atomic E-state index is 15.4. The van der Waals surface area contributed by atoms with Gasteiger partial charge in [-0.15, -0.1) is 0 Å². The Morgan fingerprint density at radius 3 is 2.45 bits per heavy atom. The predicted molar refractivity (Wildman–Crippen MR) is 159 cm³/mol. The van der Waals surface area contributed by atoms with Crippen molar-refractivity contribution in [3.63, 3.8) is 0 Å². The number of piperazine rings is 1. The summed E-state index contributed by atoms with van der Waals surface area (Å²) in [6.07, 6.45) is 6.03. The van der Waals surface area contributed by atoms with Crippen LogP contribution in [0.4, 0.5) is 21.7 Å². The second kappa shape index (κ2) is 11.7. The topological polar surface area (TPSA) is 85.6 Å². The third-order valence-electron chi connectivity index (χ3n) is 9.06. The maximum Gasteiger partial charge on any atom is 0.153 e. The van der Waals surface area contributed by atoms with E-state index in [-0.39, 0.29) is 17.8 Å². The first-order chi connectivity index (χ1) is 19.5. The molecule has 3 aromatic rings. The molecule has 0 spiro atoms. The van der Waals surface area contributed by atoms with Gasteiger partial charge in [-0.05, 0) is 61.9 Å². The number of likely N-dealkylation sites (N-methyl/N-ethyl adjacent to an activating group) is 1. The molecule has 3 aliphatic rings. The van der Waals surface area contributed by atoms with Gasteiger partial charge in [-0.3, -0.25) is 9.91 Å². The molecule has 2 aromatic carbocycles. The molecule has 4 N–H and O–H groups in total. The van der Waals surface area contributed by atoms with Crippen molar-refractivity contribution in [3.8, 4) is 0 Å². The summed E-state index contributed by atoms with van der Waals surface area (Å²) in [4.78, 5) is 14.0. The summed E-state index contributed by atoms with van der Waals surface area (Å²) in [6.45, 7) is 7.40. The fourth-order valence-corrected chi connectivity index (χ4v) is 6.54. The van der Waals surface area contributed by atoms with Gasteiger partial charge in [0.15, 0.2) is 5.82 Å². The lowest BCUT2D eigenvalue weighted by Gasteiger charge is -2.42. The van der Waals surface area contributed by atoms with E-state index >= 15 is 4.39 Å². The molecule has 1 saturated heterocycles. The maximum atomic E-state index is 15.4. The number of anilines is 3. The van der Waals surface area contributed by atoms with E-state index in [1.54, 1.807) is 6.07 Å². The highest BCUT2D eigenvalue weighted by Gasteiger charge is 2.39. The van der Waals surface area contributed by atoms with E-state index in [0.29, 0.717) is 30.1 Å². The third-order valence-corrected chi connectivity index (χ3v) is 9.06. The molecule has 3 heterocycles. The zero-order chi connectivity index (χ0) is 27.6. The van der Waals surface area contributed by atoms with Crippen LogP contribution in [0, 0.1) is 5.82 Å². The standard InChI is InChI=1S/C31H41FN8/c1-21(22-6-4-3-5-7-22)19-34-27-13-8-23(18-26(27)32)29-28-30(33)35-20-36-31(28)40(37-29)25-11-9-24(10-12-25)39-16-14-38(2)15-17-39/h3-8,13,18,20-21,24-25,29,34,37H,9-12,14-17,19H2,1-2H3,(H2,33,35,36). The highest BCUT2D eigenvalue weighted by atomic mass is 19.1. The Bertz CT molecular complexity index is 1290. The van der Waals surface area contributed by atoms with E-state index in [1.807, 2.05) is 30.3 Å². The van der Waals surface area contributed by atoms with Crippen LogP contribution in [0.2, 0.25) is 0 Å². The number of benzene rings is 2. The van der Waals surface area contributed by atoms with Crippen molar-refractivity contribution >= 4 is 17.3 Å². The number of hydrogen-bond acceptors (Lipinski definition) is 8. The van der Waals surface area contributed by atoms with Crippen molar-refractivity contribution in [2.75, 3.05) is 55.8 Å². The van der Waals surface area contributed by atoms with Gasteiger partial charge in [0.05, 0.1) is 17.3 Å². The van der Waals surface area contributed by atoms with Crippen molar-refractivity contribution in [1.82, 2.24) is 25.2 Å². The van der Waals surface area contributed by atoms with Crippen molar-refractivity contribution in [2.45, 2.75) is 56.7 Å². The molecule has 2 unspecified atom stereocenters. The molecule has 212 valence electrons. The first-order valence-electron chi connectivity index (χ1n) is 14.6. The highest BCUT2D eigenvalue weighted by Crippen LogP contribution is 2.41. The number of nitrogens with zero attached hydrogens (tertiary/aromatic N) is 5. The Morgan fingerprint density at radius 1 is 1.00 bits per heavy atom. The molecule has 1 aliphatic carbocycles. The van der Waals surface area contributed by atoms with Crippen LogP contribution in [0.15, 0.2) is 54.9 Å². The molecule has 0 bridgehead atoms. The van der Waals surface area contributed by atoms with Gasteiger partial charge in [-0.1, -0.05) is 43.3 Å². The van der Waals surface area contributed by atoms with Crippen LogP contribution in [0.5, 0.6) is 0 Å². The highest BCUT2D eigenvalue weighted by molar-refractivity contribution is 5.65. The minimum atomic E-state index is -0.293. The van der Waals surface area contributed by atoms with E-state index in [1.165, 1.54) is 24.7 Å². The second-order valence-electron chi connectivity index (χ2n) is 11.7. The zero-order valence-corrected chi connectivity index (χ0v) is 23.6. The molecular weight excluding hydrogens is 503 g/mol. The average Bonchev–Trinajstić information content (AvgIpc) is 3.38. The average molecular weight is 545 g/mol. The number of hydrazine groups is 1. The molecule has 2 fully saturated rings. The Hall–Kier alpha value is -3.27. The Labute approximate surface area is 236 Å². The third kappa shape index (κ3) is 5.50. The molecule has 1 saturated carbocycles. The number of rotatable bonds is 7. The number of nitrogen functional groups attached to an aromatic ring is 1. The molecule has 2 aliphatic heterocycles. The molecule has 1 aromatic heterocycles. The first kappa shape index (κ1) is 26.9. The molecule has 0 amide bonds. The van der Waals surface area contributed by atoms with Crippen LogP contribution in [-0.2, 0) is 0 Å². The zero-order valence-electron chi connectivity index (χ0n) is 23.6. The Balaban J connectivity index is 1.14. The second-order valence-corrected chi connectivity index (χ2v) is 11.7. The van der Waals surface area contributed by atoms with Gasteiger partial charge in [-0.25, -0.2) is 19.8 Å². The molecule has 6 rings (SSSR count). The number of nitrogens with two attached hydrogens (primary N) is 1. The van der Waals surface area contributed by atoms with Gasteiger partial charge in [0.2, 0.25) is 0 Å². The Kier molecular flexibility index (Phi) is 7.87. The van der Waals surface area contributed by atoms with Gasteiger partial charge in [0.1, 0.15) is 18.0 Å². The van der Waals surface area contributed by atoms with Crippen molar-refractivity contribution < 1.29 is 4.39 Å². The number of nitrogens with one attached hydrogen (secondary N) is 2. The van der Waals surface area contributed by atoms with Crippen LogP contribution in [0.25, 0.3) is 0 Å². The van der Waals surface area contributed by atoms with Gasteiger partial charge >= 0.3 is 0 Å². The van der Waals surface area contributed by atoms with Crippen molar-refractivity contribution in [2.24, 2.45) is 0 Å². The largest absolute Gasteiger partial charge is 0.383 e. The van der Waals surface area contributed by atoms with Crippen LogP contribution < -0.4 is 21.5 Å². The van der Waals surface area contributed by atoms with E-state index in [9.17, 15) is 0 Å². The summed E-state index contributed by atoms with van der Waals surface area (Å²) < 4.78 is 15.4. The fraction of sp³-hybridized carbons (Fsp3) is 0.484. The lowest BCUT2D eigenvalue weighted by atomic mass is 9.89. The molecule has 8 nitrogen and oxygen atoms in total. The molecular formula is C31H41FN8. The molecule has 2 atom stereocenters. The number of halogens is 1. The summed E-state index contributed by atoms with van der Waals surface area (Å²) in [6, 6.07) is 16.4. The van der Waals surface area contributed by atoms with Gasteiger partial charge in [0, 0.05) is 44.8 Å². The van der Waals surface area contributed by atoms with E-state index in [4.69, 9.17) is 5.73 Å². The number of hydrogen-bond donors (Lipinski definition) is 3. The lowest BCUT2D eigenvalue weighted by Crippen LogP contribution is -2.52. The Morgan fingerprint density at radius 2 is 1.73 bits per heavy atom. The number of aromatic nitrogens is 2. The first-order valence-corrected chi connectivity index (χ1v) is 14.6. The van der Waals surface area contributed by atoms with Crippen LogP contribution >= 0.6 is 0 Å². The summed E-state index contributed by atoms with van der Waals surface area (Å²) in [5, 5.41) is 5.48. The van der Waals surface area contributed by atoms with Crippen LogP contribution in [0.3, 0.4) is 0 Å². The van der Waals surface area contributed by atoms with Gasteiger partial charge in [0.25, 0.3) is 0 Å². The van der Waals surface area contributed by atoms with Crippen molar-refractivity contribution in [1.29, 1.82) is 0 Å². The van der Waals surface area contributed by atoms with Crippen LogP contribution in [-0.4, -0.2) is 71.6 Å². The summed E-state index contributed by atoms with van der Waals surface area (Å²) >= 11 is 0. The normalized spacial score (nSPS) is 24.6. The van der Waals surface area contributed by atoms with Gasteiger partial charge in [-0.2, -0.15) is 0 Å². The van der Waals surface area contributed by atoms with E-state index in [0.717, 1.165) is 56.0 Å². The monoisotopic (exact) mass is 544 g/mol.